The van der Waals surface area contributed by atoms with Gasteiger partial charge in [-0.3, -0.25) is 0 Å². The number of hydrogen-bond acceptors (Lipinski definition) is 10. The van der Waals surface area contributed by atoms with Gasteiger partial charge in [-0.05, 0) is 101 Å². The number of methoxy groups -OCH3 is 1. The second-order valence-corrected chi connectivity index (χ2v) is 16.4. The lowest BCUT2D eigenvalue weighted by Gasteiger charge is -2.71. The highest BCUT2D eigenvalue weighted by Crippen LogP contribution is 2.73. The molecule has 5 aliphatic rings. The zero-order chi connectivity index (χ0) is 34.7. The van der Waals surface area contributed by atoms with Crippen LogP contribution in [0.25, 0.3) is 22.2 Å². The van der Waals surface area contributed by atoms with Crippen LogP contribution < -0.4 is 9.64 Å². The average Bonchev–Trinajstić information content (AvgIpc) is 3.72. The Morgan fingerprint density at radius 1 is 1.08 bits per heavy atom. The summed E-state index contributed by atoms with van der Waals surface area (Å²) < 4.78 is 21.3. The highest BCUT2D eigenvalue weighted by Gasteiger charge is 2.65. The molecule has 2 unspecified atom stereocenters. The van der Waals surface area contributed by atoms with Gasteiger partial charge in [0.15, 0.2) is 12.0 Å². The van der Waals surface area contributed by atoms with Crippen molar-refractivity contribution in [1.82, 2.24) is 39.9 Å². The molecule has 4 aromatic rings. The molecule has 2 bridgehead atoms. The first-order valence-corrected chi connectivity index (χ1v) is 18.1. The first-order chi connectivity index (χ1) is 24.0. The second kappa shape index (κ2) is 12.5. The Morgan fingerprint density at radius 3 is 2.62 bits per heavy atom. The van der Waals surface area contributed by atoms with E-state index in [4.69, 9.17) is 19.3 Å². The van der Waals surface area contributed by atoms with E-state index in [0.29, 0.717) is 18.5 Å². The number of hydrogen-bond donors (Lipinski definition) is 0. The zero-order valence-corrected chi connectivity index (χ0v) is 30.0. The normalized spacial score (nSPS) is 26.3. The minimum atomic E-state index is -0.533. The number of piperidine rings is 1. The third-order valence-electron chi connectivity index (χ3n) is 10.9. The van der Waals surface area contributed by atoms with Crippen LogP contribution in [0.2, 0.25) is 0 Å². The Hall–Kier alpha value is -4.26. The third-order valence-corrected chi connectivity index (χ3v) is 10.9. The predicted molar refractivity (Wildman–Crippen MR) is 188 cm³/mol. The molecule has 50 heavy (non-hydrogen) atoms. The van der Waals surface area contributed by atoms with E-state index in [0.717, 1.165) is 91.2 Å². The fourth-order valence-electron chi connectivity index (χ4n) is 9.04. The fraction of sp³-hybridized carbons (Fsp3) is 0.622. The molecule has 0 N–H and O–H groups in total. The summed E-state index contributed by atoms with van der Waals surface area (Å²) in [6, 6.07) is 8.07. The molecule has 2 aliphatic heterocycles. The van der Waals surface area contributed by atoms with E-state index in [1.165, 1.54) is 19.3 Å². The summed E-state index contributed by atoms with van der Waals surface area (Å²) in [6.07, 6.45) is 12.2. The molecule has 9 rings (SSSR count). The van der Waals surface area contributed by atoms with Crippen molar-refractivity contribution < 1.29 is 19.0 Å². The molecule has 5 fully saturated rings. The van der Waals surface area contributed by atoms with Crippen LogP contribution in [0.15, 0.2) is 36.7 Å². The largest absolute Gasteiger partial charge is 0.497 e. The molecular weight excluding hydrogens is 634 g/mol. The Balaban J connectivity index is 0.955. The molecule has 1 aromatic carbocycles. The van der Waals surface area contributed by atoms with E-state index < -0.39 is 5.60 Å². The van der Waals surface area contributed by atoms with Crippen LogP contribution >= 0.6 is 0 Å². The van der Waals surface area contributed by atoms with Crippen molar-refractivity contribution in [1.29, 1.82) is 0 Å². The van der Waals surface area contributed by atoms with Gasteiger partial charge in [0.05, 0.1) is 43.3 Å². The molecular formula is C37H49N9O4. The number of nitrogens with zero attached hydrogens (tertiary/aromatic N) is 9. The van der Waals surface area contributed by atoms with Crippen LogP contribution in [0.1, 0.15) is 91.0 Å². The molecule has 0 radical (unpaired) electrons. The van der Waals surface area contributed by atoms with Crippen LogP contribution in [0.4, 0.5) is 10.6 Å². The number of aromatic nitrogens is 7. The van der Waals surface area contributed by atoms with Crippen molar-refractivity contribution in [3.63, 3.8) is 0 Å². The lowest BCUT2D eigenvalue weighted by Crippen LogP contribution is -2.66. The monoisotopic (exact) mass is 683 g/mol. The average molecular weight is 684 g/mol. The molecule has 13 heteroatoms. The number of fused-ring (bicyclic) bond motifs is 1. The van der Waals surface area contributed by atoms with Crippen molar-refractivity contribution in [2.75, 3.05) is 38.3 Å². The van der Waals surface area contributed by atoms with Crippen LogP contribution in [0.3, 0.4) is 0 Å². The summed E-state index contributed by atoms with van der Waals surface area (Å²) in [6.45, 7) is 11.7. The van der Waals surface area contributed by atoms with Gasteiger partial charge in [-0.25, -0.2) is 14.2 Å². The maximum atomic E-state index is 13.5. The van der Waals surface area contributed by atoms with E-state index in [1.54, 1.807) is 11.8 Å². The lowest BCUT2D eigenvalue weighted by molar-refractivity contribution is -0.202. The maximum Gasteiger partial charge on any atom is 0.410 e. The molecule has 3 aromatic heterocycles. The van der Waals surface area contributed by atoms with Gasteiger partial charge >= 0.3 is 6.09 Å². The second-order valence-electron chi connectivity index (χ2n) is 16.4. The number of benzene rings is 1. The molecule has 2 saturated heterocycles. The van der Waals surface area contributed by atoms with Crippen molar-refractivity contribution in [3.8, 4) is 17.0 Å². The van der Waals surface area contributed by atoms with Crippen molar-refractivity contribution in [2.24, 2.45) is 10.8 Å². The summed E-state index contributed by atoms with van der Waals surface area (Å²) >= 11 is 0. The standard InChI is InChI=1S/C37H49N9O4/c1-35(2,3)50-34(47)45(24-37-21-36(4,22-37)23-37)26-9-8-13-43(19-26)32-12-11-25(39-41-32)18-44-20-30(40-42-44)28-15-27(48-5)16-31-29(28)17-38-46(31)33-10-6-7-14-49-33/h11-12,15-17,20,26,33H,6-10,13-14,18-19,21-24H2,1-5H3. The van der Waals surface area contributed by atoms with Crippen LogP contribution in [-0.2, 0) is 16.0 Å². The van der Waals surface area contributed by atoms with E-state index in [9.17, 15) is 4.79 Å². The fourth-order valence-corrected chi connectivity index (χ4v) is 9.04. The van der Waals surface area contributed by atoms with Gasteiger partial charge in [0.25, 0.3) is 0 Å². The van der Waals surface area contributed by atoms with E-state index in [2.05, 4.69) is 32.3 Å². The quantitative estimate of drug-likeness (QED) is 0.200. The smallest absolute Gasteiger partial charge is 0.410 e. The molecule has 0 spiro atoms. The van der Waals surface area contributed by atoms with Crippen molar-refractivity contribution in [3.05, 3.63) is 42.4 Å². The Bertz CT molecular complexity index is 1840. The first kappa shape index (κ1) is 32.9. The number of ether oxygens (including phenoxy) is 3. The molecule has 3 aliphatic carbocycles. The van der Waals surface area contributed by atoms with Gasteiger partial charge in [-0.2, -0.15) is 10.2 Å². The Morgan fingerprint density at radius 2 is 1.92 bits per heavy atom. The van der Waals surface area contributed by atoms with Gasteiger partial charge in [-0.1, -0.05) is 12.1 Å². The molecule has 5 heterocycles. The van der Waals surface area contributed by atoms with Crippen LogP contribution in [0.5, 0.6) is 5.75 Å². The van der Waals surface area contributed by atoms with Gasteiger partial charge in [-0.15, -0.1) is 10.2 Å². The molecule has 3 saturated carbocycles. The number of anilines is 1. The topological polar surface area (TPSA) is 126 Å². The molecule has 266 valence electrons. The highest BCUT2D eigenvalue weighted by atomic mass is 16.6. The summed E-state index contributed by atoms with van der Waals surface area (Å²) in [7, 11) is 1.67. The van der Waals surface area contributed by atoms with E-state index in [1.807, 2.05) is 67.0 Å². The van der Waals surface area contributed by atoms with E-state index in [-0.39, 0.29) is 23.8 Å². The van der Waals surface area contributed by atoms with E-state index >= 15 is 0 Å². The minimum absolute atomic E-state index is 0.0702. The summed E-state index contributed by atoms with van der Waals surface area (Å²) in [5, 5.41) is 23.8. The first-order valence-electron chi connectivity index (χ1n) is 18.1. The third kappa shape index (κ3) is 6.40. The predicted octanol–water partition coefficient (Wildman–Crippen LogP) is 6.24. The summed E-state index contributed by atoms with van der Waals surface area (Å²) in [5.41, 5.74) is 3.57. The number of amides is 1. The number of rotatable bonds is 9. The Kier molecular flexibility index (Phi) is 8.23. The Labute approximate surface area is 293 Å². The highest BCUT2D eigenvalue weighted by molar-refractivity contribution is 5.95. The van der Waals surface area contributed by atoms with Crippen LogP contribution in [0, 0.1) is 10.8 Å². The molecule has 1 amide bonds. The van der Waals surface area contributed by atoms with Gasteiger partial charge in [0, 0.05) is 43.3 Å². The SMILES string of the molecule is COc1cc(-c2cn(Cc3ccc(N4CCCC(N(CC56CC(C)(C5)C6)C(=O)OC(C)(C)C)C4)nn3)nn2)c2cnn(C3CCCCO3)c2c1. The molecule has 2 atom stereocenters. The van der Waals surface area contributed by atoms with Crippen molar-refractivity contribution in [2.45, 2.75) is 103 Å². The number of carbonyl (C=O) groups is 1. The van der Waals surface area contributed by atoms with Crippen LogP contribution in [-0.4, -0.2) is 91.0 Å². The minimum Gasteiger partial charge on any atom is -0.497 e. The number of carbonyl (C=O) groups excluding carboxylic acids is 1. The lowest BCUT2D eigenvalue weighted by atomic mass is 9.36. The zero-order valence-electron chi connectivity index (χ0n) is 30.0. The molecule has 13 nitrogen and oxygen atoms in total. The van der Waals surface area contributed by atoms with Crippen molar-refractivity contribution >= 4 is 22.8 Å². The van der Waals surface area contributed by atoms with Gasteiger partial charge < -0.3 is 24.0 Å². The van der Waals surface area contributed by atoms with Gasteiger partial charge in [0.1, 0.15) is 17.0 Å². The summed E-state index contributed by atoms with van der Waals surface area (Å²) in [4.78, 5) is 17.8. The van der Waals surface area contributed by atoms with Gasteiger partial charge in [0.2, 0.25) is 0 Å². The maximum absolute atomic E-state index is 13.5. The summed E-state index contributed by atoms with van der Waals surface area (Å²) in [5.74, 6) is 1.54.